The van der Waals surface area contributed by atoms with Gasteiger partial charge >= 0.3 is 0 Å². The molecule has 0 aliphatic rings. The van der Waals surface area contributed by atoms with E-state index in [0.29, 0.717) is 17.1 Å². The minimum absolute atomic E-state index is 0.233. The maximum Gasteiger partial charge on any atom is 0.241 e. The molecule has 0 aliphatic heterocycles. The van der Waals surface area contributed by atoms with Crippen LogP contribution in [-0.2, 0) is 10.0 Å². The summed E-state index contributed by atoms with van der Waals surface area (Å²) in [5.74, 6) is 1.08. The minimum atomic E-state index is -3.62. The molecule has 0 aliphatic carbocycles. The average Bonchev–Trinajstić information content (AvgIpc) is 2.53. The number of para-hydroxylation sites is 1. The van der Waals surface area contributed by atoms with Crippen LogP contribution >= 0.6 is 0 Å². The van der Waals surface area contributed by atoms with Crippen molar-refractivity contribution in [2.75, 3.05) is 14.2 Å². The normalized spacial score (nSPS) is 12.7. The monoisotopic (exact) mass is 335 g/mol. The van der Waals surface area contributed by atoms with E-state index in [9.17, 15) is 8.42 Å². The summed E-state index contributed by atoms with van der Waals surface area (Å²) >= 11 is 0. The molecular formula is C17H21NO4S. The van der Waals surface area contributed by atoms with E-state index in [0.717, 1.165) is 5.56 Å². The second-order valence-electron chi connectivity index (χ2n) is 5.24. The van der Waals surface area contributed by atoms with Gasteiger partial charge in [0.1, 0.15) is 0 Å². The Morgan fingerprint density at radius 1 is 1.00 bits per heavy atom. The van der Waals surface area contributed by atoms with E-state index in [-0.39, 0.29) is 4.90 Å². The van der Waals surface area contributed by atoms with Gasteiger partial charge in [0, 0.05) is 11.6 Å². The molecule has 5 nitrogen and oxygen atoms in total. The van der Waals surface area contributed by atoms with Crippen molar-refractivity contribution < 1.29 is 17.9 Å². The molecule has 0 saturated carbocycles. The lowest BCUT2D eigenvalue weighted by molar-refractivity contribution is 0.349. The predicted octanol–water partition coefficient (Wildman–Crippen LogP) is 3.05. The molecule has 0 bridgehead atoms. The first kappa shape index (κ1) is 17.3. The van der Waals surface area contributed by atoms with Gasteiger partial charge in [-0.25, -0.2) is 13.1 Å². The van der Waals surface area contributed by atoms with Crippen LogP contribution in [-0.4, -0.2) is 22.6 Å². The van der Waals surface area contributed by atoms with Gasteiger partial charge < -0.3 is 9.47 Å². The number of nitrogens with one attached hydrogen (secondary N) is 1. The maximum absolute atomic E-state index is 12.5. The Kier molecular flexibility index (Phi) is 5.28. The zero-order valence-electron chi connectivity index (χ0n) is 13.7. The van der Waals surface area contributed by atoms with Crippen LogP contribution in [0.3, 0.4) is 0 Å². The number of aryl methyl sites for hydroxylation is 1. The van der Waals surface area contributed by atoms with Crippen LogP contribution in [0.25, 0.3) is 0 Å². The summed E-state index contributed by atoms with van der Waals surface area (Å²) in [6.45, 7) is 3.68. The fourth-order valence-corrected chi connectivity index (χ4v) is 3.56. The molecule has 23 heavy (non-hydrogen) atoms. The molecule has 1 atom stereocenters. The number of benzene rings is 2. The first-order valence-electron chi connectivity index (χ1n) is 7.19. The molecule has 1 N–H and O–H groups in total. The van der Waals surface area contributed by atoms with Crippen molar-refractivity contribution in [1.29, 1.82) is 0 Å². The highest BCUT2D eigenvalue weighted by Crippen LogP contribution is 2.34. The molecule has 0 unspecified atom stereocenters. The van der Waals surface area contributed by atoms with Gasteiger partial charge in [0.15, 0.2) is 11.5 Å². The third-order valence-electron chi connectivity index (χ3n) is 3.56. The van der Waals surface area contributed by atoms with Crippen molar-refractivity contribution in [3.63, 3.8) is 0 Å². The van der Waals surface area contributed by atoms with E-state index in [2.05, 4.69) is 4.72 Å². The number of hydrogen-bond acceptors (Lipinski definition) is 4. The van der Waals surface area contributed by atoms with Gasteiger partial charge in [0.25, 0.3) is 0 Å². The van der Waals surface area contributed by atoms with Crippen LogP contribution in [0, 0.1) is 6.92 Å². The number of rotatable bonds is 6. The summed E-state index contributed by atoms with van der Waals surface area (Å²) in [7, 11) is -0.541. The maximum atomic E-state index is 12.5. The zero-order valence-corrected chi connectivity index (χ0v) is 14.5. The van der Waals surface area contributed by atoms with E-state index in [1.165, 1.54) is 7.11 Å². The third-order valence-corrected chi connectivity index (χ3v) is 5.12. The van der Waals surface area contributed by atoms with Crippen LogP contribution in [0.15, 0.2) is 47.4 Å². The third kappa shape index (κ3) is 3.83. The van der Waals surface area contributed by atoms with E-state index in [4.69, 9.17) is 9.47 Å². The van der Waals surface area contributed by atoms with Gasteiger partial charge in [-0.1, -0.05) is 29.8 Å². The lowest BCUT2D eigenvalue weighted by Gasteiger charge is -2.19. The van der Waals surface area contributed by atoms with E-state index in [1.807, 2.05) is 13.0 Å². The van der Waals surface area contributed by atoms with Gasteiger partial charge in [-0.05, 0) is 32.0 Å². The highest BCUT2D eigenvalue weighted by atomic mass is 32.2. The Bertz CT molecular complexity index is 770. The lowest BCUT2D eigenvalue weighted by atomic mass is 10.1. The van der Waals surface area contributed by atoms with Crippen LogP contribution in [0.5, 0.6) is 11.5 Å². The van der Waals surface area contributed by atoms with Gasteiger partial charge in [0.05, 0.1) is 19.1 Å². The SMILES string of the molecule is COc1cccc([C@H](C)NS(=O)(=O)c2ccc(C)cc2)c1OC. The molecular weight excluding hydrogens is 314 g/mol. The molecule has 124 valence electrons. The Morgan fingerprint density at radius 2 is 1.65 bits per heavy atom. The Balaban J connectivity index is 2.31. The van der Waals surface area contributed by atoms with Gasteiger partial charge in [-0.15, -0.1) is 0 Å². The minimum Gasteiger partial charge on any atom is -0.493 e. The summed E-state index contributed by atoms with van der Waals surface area (Å²) in [6, 6.07) is 11.6. The highest BCUT2D eigenvalue weighted by Gasteiger charge is 2.22. The second kappa shape index (κ2) is 7.02. The molecule has 0 saturated heterocycles. The van der Waals surface area contributed by atoms with Crippen LogP contribution in [0.4, 0.5) is 0 Å². The van der Waals surface area contributed by atoms with Crippen molar-refractivity contribution in [1.82, 2.24) is 4.72 Å². The molecule has 2 aromatic rings. The number of methoxy groups -OCH3 is 2. The van der Waals surface area contributed by atoms with Crippen LogP contribution in [0.1, 0.15) is 24.1 Å². The molecule has 6 heteroatoms. The van der Waals surface area contributed by atoms with Gasteiger partial charge in [0.2, 0.25) is 10.0 Å². The quantitative estimate of drug-likeness (QED) is 0.881. The smallest absolute Gasteiger partial charge is 0.241 e. The fraction of sp³-hybridized carbons (Fsp3) is 0.294. The lowest BCUT2D eigenvalue weighted by Crippen LogP contribution is -2.27. The van der Waals surface area contributed by atoms with Crippen molar-refractivity contribution in [2.45, 2.75) is 24.8 Å². The average molecular weight is 335 g/mol. The Labute approximate surface area is 137 Å². The molecule has 0 fully saturated rings. The van der Waals surface area contributed by atoms with E-state index in [1.54, 1.807) is 50.4 Å². The van der Waals surface area contributed by atoms with Gasteiger partial charge in [-0.3, -0.25) is 0 Å². The van der Waals surface area contributed by atoms with Crippen molar-refractivity contribution >= 4 is 10.0 Å². The predicted molar refractivity (Wildman–Crippen MR) is 89.5 cm³/mol. The van der Waals surface area contributed by atoms with Crippen LogP contribution in [0.2, 0.25) is 0 Å². The second-order valence-corrected chi connectivity index (χ2v) is 6.95. The summed E-state index contributed by atoms with van der Waals surface area (Å²) in [4.78, 5) is 0.233. The van der Waals surface area contributed by atoms with Crippen molar-refractivity contribution in [2.24, 2.45) is 0 Å². The summed E-state index contributed by atoms with van der Waals surface area (Å²) in [5, 5.41) is 0. The molecule has 2 aromatic carbocycles. The summed E-state index contributed by atoms with van der Waals surface area (Å²) in [6.07, 6.45) is 0. The molecule has 0 aromatic heterocycles. The molecule has 0 spiro atoms. The van der Waals surface area contributed by atoms with Crippen molar-refractivity contribution in [3.05, 3.63) is 53.6 Å². The Hall–Kier alpha value is -2.05. The fourth-order valence-electron chi connectivity index (χ4n) is 2.33. The molecule has 0 amide bonds. The summed E-state index contributed by atoms with van der Waals surface area (Å²) in [5.41, 5.74) is 1.72. The van der Waals surface area contributed by atoms with Crippen molar-refractivity contribution in [3.8, 4) is 11.5 Å². The largest absolute Gasteiger partial charge is 0.493 e. The molecule has 0 radical (unpaired) electrons. The number of ether oxygens (including phenoxy) is 2. The van der Waals surface area contributed by atoms with E-state index >= 15 is 0 Å². The van der Waals surface area contributed by atoms with Gasteiger partial charge in [-0.2, -0.15) is 0 Å². The van der Waals surface area contributed by atoms with Crippen LogP contribution < -0.4 is 14.2 Å². The standard InChI is InChI=1S/C17H21NO4S/c1-12-8-10-14(11-9-12)23(19,20)18-13(2)15-6-5-7-16(21-3)17(15)22-4/h5-11,13,18H,1-4H3/t13-/m0/s1. The first-order chi connectivity index (χ1) is 10.9. The first-order valence-corrected chi connectivity index (χ1v) is 8.67. The topological polar surface area (TPSA) is 64.6 Å². The summed E-state index contributed by atoms with van der Waals surface area (Å²) < 4.78 is 38.3. The van der Waals surface area contributed by atoms with E-state index < -0.39 is 16.1 Å². The molecule has 0 heterocycles. The Morgan fingerprint density at radius 3 is 2.22 bits per heavy atom. The molecule has 2 rings (SSSR count). The number of hydrogen-bond donors (Lipinski definition) is 1. The highest BCUT2D eigenvalue weighted by molar-refractivity contribution is 7.89. The zero-order chi connectivity index (χ0) is 17.0. The number of sulfonamides is 1.